The van der Waals surface area contributed by atoms with Crippen molar-refractivity contribution in [1.82, 2.24) is 4.90 Å². The van der Waals surface area contributed by atoms with Crippen LogP contribution >= 0.6 is 23.5 Å². The number of nitrogens with two attached hydrogens (primary N) is 2. The van der Waals surface area contributed by atoms with Crippen LogP contribution in [0.5, 0.6) is 0 Å². The van der Waals surface area contributed by atoms with Gasteiger partial charge in [0.15, 0.2) is 0 Å². The Morgan fingerprint density at radius 1 is 1.00 bits per heavy atom. The van der Waals surface area contributed by atoms with E-state index >= 15 is 0 Å². The third-order valence-electron chi connectivity index (χ3n) is 2.46. The third-order valence-corrected chi connectivity index (χ3v) is 4.60. The van der Waals surface area contributed by atoms with E-state index in [9.17, 15) is 9.59 Å². The van der Waals surface area contributed by atoms with Crippen molar-refractivity contribution in [1.29, 1.82) is 0 Å². The molecule has 0 aliphatic heterocycles. The van der Waals surface area contributed by atoms with Crippen LogP contribution in [0.2, 0.25) is 0 Å². The Balaban J connectivity index is 3.48. The molecule has 0 aromatic rings. The lowest BCUT2D eigenvalue weighted by Crippen LogP contribution is -2.33. The van der Waals surface area contributed by atoms with E-state index in [1.165, 1.54) is 23.5 Å². The molecule has 0 saturated carbocycles. The maximum atomic E-state index is 10.5. The monoisotopic (exact) mass is 325 g/mol. The molecule has 0 amide bonds. The summed E-state index contributed by atoms with van der Waals surface area (Å²) in [7, 11) is 1.97. The minimum atomic E-state index is -0.975. The van der Waals surface area contributed by atoms with Crippen LogP contribution in [0.3, 0.4) is 0 Å². The lowest BCUT2D eigenvalue weighted by Gasteiger charge is -2.16. The normalized spacial score (nSPS) is 14.2. The SMILES string of the molecule is CN(CCSC[C@@H](N)C(=O)O)CCSC[C@H](N)C(=O)O. The quantitative estimate of drug-likeness (QED) is 0.341. The maximum absolute atomic E-state index is 10.5. The average molecular weight is 325 g/mol. The summed E-state index contributed by atoms with van der Waals surface area (Å²) in [5.74, 6) is 0.499. The second-order valence-electron chi connectivity index (χ2n) is 4.34. The third kappa shape index (κ3) is 10.3. The highest BCUT2D eigenvalue weighted by Crippen LogP contribution is 2.05. The fourth-order valence-corrected chi connectivity index (χ4v) is 3.12. The fourth-order valence-electron chi connectivity index (χ4n) is 1.12. The molecular formula is C11H23N3O4S2. The Morgan fingerprint density at radius 2 is 1.35 bits per heavy atom. The molecule has 0 aliphatic carbocycles. The Kier molecular flexibility index (Phi) is 10.9. The summed E-state index contributed by atoms with van der Waals surface area (Å²) < 4.78 is 0. The number of rotatable bonds is 12. The van der Waals surface area contributed by atoms with Gasteiger partial charge in [0.05, 0.1) is 0 Å². The van der Waals surface area contributed by atoms with Gasteiger partial charge in [-0.25, -0.2) is 0 Å². The number of carboxylic acid groups (broad SMARTS) is 2. The van der Waals surface area contributed by atoms with E-state index in [0.717, 1.165) is 24.6 Å². The van der Waals surface area contributed by atoms with E-state index < -0.39 is 24.0 Å². The lowest BCUT2D eigenvalue weighted by atomic mass is 10.4. The molecule has 0 radical (unpaired) electrons. The van der Waals surface area contributed by atoms with E-state index in [-0.39, 0.29) is 0 Å². The van der Waals surface area contributed by atoms with Crippen molar-refractivity contribution < 1.29 is 19.8 Å². The van der Waals surface area contributed by atoms with Crippen LogP contribution in [-0.2, 0) is 9.59 Å². The van der Waals surface area contributed by atoms with Gasteiger partial charge in [-0.15, -0.1) is 0 Å². The topological polar surface area (TPSA) is 130 Å². The molecule has 0 aromatic heterocycles. The molecule has 20 heavy (non-hydrogen) atoms. The molecule has 0 bridgehead atoms. The summed E-state index contributed by atoms with van der Waals surface area (Å²) in [5.41, 5.74) is 10.8. The molecular weight excluding hydrogens is 302 g/mol. The van der Waals surface area contributed by atoms with Gasteiger partial charge in [0.25, 0.3) is 0 Å². The van der Waals surface area contributed by atoms with E-state index in [1.54, 1.807) is 0 Å². The molecule has 6 N–H and O–H groups in total. The minimum Gasteiger partial charge on any atom is -0.480 e. The second kappa shape index (κ2) is 11.2. The van der Waals surface area contributed by atoms with Crippen molar-refractivity contribution in [3.63, 3.8) is 0 Å². The zero-order valence-electron chi connectivity index (χ0n) is 11.5. The van der Waals surface area contributed by atoms with Crippen LogP contribution in [0.1, 0.15) is 0 Å². The zero-order valence-corrected chi connectivity index (χ0v) is 13.2. The number of nitrogens with zero attached hydrogens (tertiary/aromatic N) is 1. The Morgan fingerprint density at radius 3 is 1.65 bits per heavy atom. The predicted octanol–water partition coefficient (Wildman–Crippen LogP) is -0.792. The average Bonchev–Trinajstić information content (AvgIpc) is 2.38. The van der Waals surface area contributed by atoms with Gasteiger partial charge in [-0.2, -0.15) is 23.5 Å². The highest BCUT2D eigenvalue weighted by molar-refractivity contribution is 7.99. The minimum absolute atomic E-state index is 0.408. The van der Waals surface area contributed by atoms with Crippen LogP contribution in [-0.4, -0.2) is 82.3 Å². The number of carboxylic acids is 2. The fraction of sp³-hybridized carbons (Fsp3) is 0.818. The van der Waals surface area contributed by atoms with E-state index in [2.05, 4.69) is 4.90 Å². The molecule has 118 valence electrons. The van der Waals surface area contributed by atoms with Gasteiger partial charge >= 0.3 is 11.9 Å². The van der Waals surface area contributed by atoms with Gasteiger partial charge in [0.1, 0.15) is 12.1 Å². The maximum Gasteiger partial charge on any atom is 0.321 e. The molecule has 0 unspecified atom stereocenters. The lowest BCUT2D eigenvalue weighted by molar-refractivity contribution is -0.138. The standard InChI is InChI=1S/C11H23N3O4S2/c1-14(2-4-19-6-8(12)10(15)16)3-5-20-7-9(13)11(17)18/h8-9H,2-7,12-13H2,1H3,(H,15,16)(H,17,18)/t8-,9+. The molecule has 7 nitrogen and oxygen atoms in total. The van der Waals surface area contributed by atoms with Crippen molar-refractivity contribution in [2.24, 2.45) is 11.5 Å². The van der Waals surface area contributed by atoms with E-state index in [0.29, 0.717) is 11.5 Å². The molecule has 0 rings (SSSR count). The number of thioether (sulfide) groups is 2. The van der Waals surface area contributed by atoms with Gasteiger partial charge in [-0.1, -0.05) is 0 Å². The van der Waals surface area contributed by atoms with Crippen molar-refractivity contribution in [2.45, 2.75) is 12.1 Å². The van der Waals surface area contributed by atoms with Gasteiger partial charge in [-0.05, 0) is 7.05 Å². The van der Waals surface area contributed by atoms with Crippen LogP contribution in [0.4, 0.5) is 0 Å². The number of hydrogen-bond donors (Lipinski definition) is 4. The summed E-state index contributed by atoms with van der Waals surface area (Å²) in [6, 6.07) is -1.61. The first kappa shape index (κ1) is 19.5. The predicted molar refractivity (Wildman–Crippen MR) is 83.4 cm³/mol. The van der Waals surface area contributed by atoms with Gasteiger partial charge in [0, 0.05) is 36.1 Å². The van der Waals surface area contributed by atoms with Crippen LogP contribution in [0.15, 0.2) is 0 Å². The molecule has 9 heteroatoms. The summed E-state index contributed by atoms with van der Waals surface area (Å²) in [5, 5.41) is 17.2. The summed E-state index contributed by atoms with van der Waals surface area (Å²) >= 11 is 3.03. The van der Waals surface area contributed by atoms with Gasteiger partial charge < -0.3 is 26.6 Å². The Labute approximate surface area is 127 Å². The molecule has 0 spiro atoms. The molecule has 0 fully saturated rings. The van der Waals surface area contributed by atoms with E-state index in [4.69, 9.17) is 21.7 Å². The first-order valence-corrected chi connectivity index (χ1v) is 8.46. The van der Waals surface area contributed by atoms with E-state index in [1.807, 2.05) is 7.05 Å². The number of hydrogen-bond acceptors (Lipinski definition) is 7. The first-order chi connectivity index (χ1) is 9.34. The smallest absolute Gasteiger partial charge is 0.321 e. The van der Waals surface area contributed by atoms with Gasteiger partial charge in [0.2, 0.25) is 0 Å². The molecule has 0 heterocycles. The van der Waals surface area contributed by atoms with Crippen LogP contribution < -0.4 is 11.5 Å². The number of aliphatic carboxylic acids is 2. The molecule has 0 saturated heterocycles. The molecule has 0 aliphatic rings. The zero-order chi connectivity index (χ0) is 15.5. The summed E-state index contributed by atoms with van der Waals surface area (Å²) in [6.45, 7) is 1.67. The van der Waals surface area contributed by atoms with Crippen molar-refractivity contribution in [3.8, 4) is 0 Å². The Hall–Kier alpha value is -0.480. The first-order valence-electron chi connectivity index (χ1n) is 6.15. The van der Waals surface area contributed by atoms with Crippen LogP contribution in [0.25, 0.3) is 0 Å². The highest BCUT2D eigenvalue weighted by Gasteiger charge is 2.12. The molecule has 0 aromatic carbocycles. The van der Waals surface area contributed by atoms with Crippen molar-refractivity contribution in [3.05, 3.63) is 0 Å². The largest absolute Gasteiger partial charge is 0.480 e. The summed E-state index contributed by atoms with van der Waals surface area (Å²) in [4.78, 5) is 23.1. The molecule has 2 atom stereocenters. The second-order valence-corrected chi connectivity index (χ2v) is 6.64. The highest BCUT2D eigenvalue weighted by atomic mass is 32.2. The van der Waals surface area contributed by atoms with Crippen molar-refractivity contribution in [2.75, 3.05) is 43.1 Å². The van der Waals surface area contributed by atoms with Gasteiger partial charge in [-0.3, -0.25) is 9.59 Å². The van der Waals surface area contributed by atoms with Crippen molar-refractivity contribution >= 4 is 35.5 Å². The van der Waals surface area contributed by atoms with Crippen LogP contribution in [0, 0.1) is 0 Å². The summed E-state index contributed by atoms with van der Waals surface area (Å²) in [6.07, 6.45) is 0. The Bertz CT molecular complexity index is 279. The number of carbonyl (C=O) groups is 2.